The lowest BCUT2D eigenvalue weighted by Crippen LogP contribution is -2.52. The number of carboxylic acid groups (broad SMARTS) is 2. The molecule has 8 aliphatic carbocycles. The molecule has 10 nitrogen and oxygen atoms in total. The van der Waals surface area contributed by atoms with Crippen molar-refractivity contribution in [2.24, 2.45) is 45.3 Å². The van der Waals surface area contributed by atoms with Crippen molar-refractivity contribution >= 4 is 23.9 Å². The number of aliphatic carboxylic acids is 2. The number of benzene rings is 6. The number of aryl methyl sites for hydroxylation is 4. The molecule has 0 radical (unpaired) electrons. The van der Waals surface area contributed by atoms with Crippen LogP contribution in [0.5, 0.6) is 23.0 Å². The standard InChI is InChI=1S/C54H66O5.C40H54O5/c1-35(2)41-29-39-21-23-47-51(5,25-15-27-53(47,7)49(55)57-33-37-17-11-9-12-18-37)43(39)31-45(41)59-46-32-44-40(30-42(46)36(3)4)22-24-48-52(44,6)26-16-28-54(48,8)50(56)58-34-38-19-13-10-14-20-38;1-23(2)27-19-25-11-13-33-37(5,15-9-17-39(33,7)35(41)42)29(25)21-31(27)45-32-22-30-26(20-28(32)24(3)4)12-14-34-38(30,6)16-10-18-40(34,8)36(43)44/h9-14,17-20,29-32,35-36,47-48H,15-16,21-28,33-34H2,1-8H3;19-24,33-34H,9-18H2,1-8H3,(H,41,42)(H,43,44). The number of hydrogen-bond acceptors (Lipinski definition) is 8. The summed E-state index contributed by atoms with van der Waals surface area (Å²) in [6, 6.07) is 38.9. The van der Waals surface area contributed by atoms with E-state index in [0.29, 0.717) is 13.2 Å². The van der Waals surface area contributed by atoms with E-state index in [4.69, 9.17) is 18.9 Å². The maximum Gasteiger partial charge on any atom is 0.312 e. The number of carbonyl (C=O) groups is 4. The number of carboxylic acids is 2. The van der Waals surface area contributed by atoms with E-state index in [1.54, 1.807) is 0 Å². The molecule has 0 spiro atoms. The second kappa shape index (κ2) is 28.2. The fraction of sp³-hybridized carbons (Fsp3) is 0.574. The van der Waals surface area contributed by atoms with Gasteiger partial charge in [0, 0.05) is 0 Å². The van der Waals surface area contributed by atoms with E-state index in [-0.39, 0.29) is 80.9 Å². The average Bonchev–Trinajstić information content (AvgIpc) is 0.736. The fourth-order valence-electron chi connectivity index (χ4n) is 23.2. The molecule has 0 saturated heterocycles. The van der Waals surface area contributed by atoms with E-state index < -0.39 is 33.6 Å². The van der Waals surface area contributed by atoms with Crippen LogP contribution in [0.3, 0.4) is 0 Å². The molecule has 12 atom stereocenters. The Kier molecular flexibility index (Phi) is 20.3. The second-order valence-corrected chi connectivity index (χ2v) is 36.9. The zero-order chi connectivity index (χ0) is 74.4. The third-order valence-corrected chi connectivity index (χ3v) is 29.2. The van der Waals surface area contributed by atoms with Gasteiger partial charge < -0.3 is 29.2 Å². The van der Waals surface area contributed by atoms with Crippen molar-refractivity contribution in [1.82, 2.24) is 0 Å². The summed E-state index contributed by atoms with van der Waals surface area (Å²) in [6.45, 7) is 36.3. The number of fused-ring (bicyclic) bond motifs is 12. The quantitative estimate of drug-likeness (QED) is 0.0898. The van der Waals surface area contributed by atoms with Crippen LogP contribution in [-0.4, -0.2) is 34.1 Å². The fourth-order valence-corrected chi connectivity index (χ4v) is 23.2. The maximum atomic E-state index is 14.1. The van der Waals surface area contributed by atoms with Gasteiger partial charge in [0.05, 0.1) is 21.7 Å². The maximum absolute atomic E-state index is 14.1. The molecule has 0 aromatic heterocycles. The van der Waals surface area contributed by atoms with Gasteiger partial charge in [0.25, 0.3) is 0 Å². The lowest BCUT2D eigenvalue weighted by atomic mass is 9.49. The zero-order valence-corrected chi connectivity index (χ0v) is 65.7. The minimum atomic E-state index is -0.720. The topological polar surface area (TPSA) is 146 Å². The van der Waals surface area contributed by atoms with Crippen LogP contribution in [0.4, 0.5) is 0 Å². The third-order valence-electron chi connectivity index (χ3n) is 29.2. The Balaban J connectivity index is 0.000000192. The number of carbonyl (C=O) groups excluding carboxylic acids is 2. The molecule has 12 unspecified atom stereocenters. The number of esters is 2. The lowest BCUT2D eigenvalue weighted by Gasteiger charge is -2.54. The SMILES string of the molecule is CC(C)c1cc2c(cc1Oc1cc3c(cc1C(C)C)CCC1C(C)(C(=O)O)CCCC31C)C1(C)CCCC(C)(C(=O)O)C1CC2.CC(C)c1cc2c(cc1Oc1cc3c(cc1C(C)C)CCC1C(C)(C(=O)OCc4ccccc4)CCCC31C)C1(C)CCCC(C)(C(=O)OCc3ccccc3)C1CC2. The van der Waals surface area contributed by atoms with Crippen LogP contribution in [0.2, 0.25) is 0 Å². The highest BCUT2D eigenvalue weighted by atomic mass is 16.5. The van der Waals surface area contributed by atoms with Gasteiger partial charge in [-0.05, 0) is 302 Å². The van der Waals surface area contributed by atoms with Gasteiger partial charge in [-0.15, -0.1) is 0 Å². The molecule has 10 heteroatoms. The Bertz CT molecular complexity index is 3990. The summed E-state index contributed by atoms with van der Waals surface area (Å²) in [4.78, 5) is 53.4. The molecule has 0 aliphatic heterocycles. The van der Waals surface area contributed by atoms with E-state index in [1.165, 1.54) is 66.8 Å². The summed E-state index contributed by atoms with van der Waals surface area (Å²) in [5.41, 5.74) is 14.2. The minimum absolute atomic E-state index is 0.0679. The van der Waals surface area contributed by atoms with Gasteiger partial charge in [0.15, 0.2) is 0 Å². The van der Waals surface area contributed by atoms with Crippen molar-refractivity contribution in [3.05, 3.63) is 187 Å². The molecular formula is C94H120O10. The zero-order valence-electron chi connectivity index (χ0n) is 65.7. The molecule has 104 heavy (non-hydrogen) atoms. The Labute approximate surface area is 622 Å². The van der Waals surface area contributed by atoms with Crippen LogP contribution >= 0.6 is 0 Å². The molecule has 0 bridgehead atoms. The van der Waals surface area contributed by atoms with Gasteiger partial charge >= 0.3 is 23.9 Å². The summed E-state index contributed by atoms with van der Waals surface area (Å²) >= 11 is 0. The first kappa shape index (κ1) is 75.0. The molecular weight excluding hydrogens is 1290 g/mol. The molecule has 14 rings (SSSR count). The van der Waals surface area contributed by atoms with Gasteiger partial charge in [-0.25, -0.2) is 0 Å². The summed E-state index contributed by atoms with van der Waals surface area (Å²) in [5, 5.41) is 20.7. The van der Waals surface area contributed by atoms with Crippen LogP contribution < -0.4 is 9.47 Å². The van der Waals surface area contributed by atoms with Crippen LogP contribution in [0.15, 0.2) is 109 Å². The minimum Gasteiger partial charge on any atom is -0.481 e. The van der Waals surface area contributed by atoms with Crippen LogP contribution in [-0.2, 0) is 89.2 Å². The molecule has 6 aromatic carbocycles. The predicted molar refractivity (Wildman–Crippen MR) is 415 cm³/mol. The first-order valence-corrected chi connectivity index (χ1v) is 40.2. The number of hydrogen-bond donors (Lipinski definition) is 2. The van der Waals surface area contributed by atoms with E-state index in [1.807, 2.05) is 74.5 Å². The van der Waals surface area contributed by atoms with Crippen molar-refractivity contribution in [2.45, 2.75) is 298 Å². The molecule has 0 amide bonds. The van der Waals surface area contributed by atoms with Gasteiger partial charge in [-0.1, -0.05) is 194 Å². The van der Waals surface area contributed by atoms with E-state index in [9.17, 15) is 29.4 Å². The van der Waals surface area contributed by atoms with Gasteiger partial charge in [0.2, 0.25) is 0 Å². The largest absolute Gasteiger partial charge is 0.481 e. The van der Waals surface area contributed by atoms with Crippen molar-refractivity contribution in [1.29, 1.82) is 0 Å². The first-order chi connectivity index (χ1) is 49.2. The summed E-state index contributed by atoms with van der Waals surface area (Å²) in [6.07, 6.45) is 18.4. The summed E-state index contributed by atoms with van der Waals surface area (Å²) in [5.74, 6) is 3.74. The van der Waals surface area contributed by atoms with E-state index >= 15 is 0 Å². The highest BCUT2D eigenvalue weighted by molar-refractivity contribution is 5.79. The van der Waals surface area contributed by atoms with Gasteiger partial charge in [0.1, 0.15) is 36.2 Å². The normalized spacial score (nSPS) is 30.9. The first-order valence-electron chi connectivity index (χ1n) is 40.2. The monoisotopic (exact) mass is 1410 g/mol. The van der Waals surface area contributed by atoms with Crippen LogP contribution in [0, 0.1) is 45.3 Å². The van der Waals surface area contributed by atoms with Gasteiger partial charge in [-0.2, -0.15) is 0 Å². The predicted octanol–water partition coefficient (Wildman–Crippen LogP) is 23.1. The number of ether oxygens (including phenoxy) is 4. The van der Waals surface area contributed by atoms with E-state index in [2.05, 4.69) is 145 Å². The van der Waals surface area contributed by atoms with Crippen molar-refractivity contribution in [3.63, 3.8) is 0 Å². The molecule has 0 heterocycles. The molecule has 4 fully saturated rings. The summed E-state index contributed by atoms with van der Waals surface area (Å²) < 4.78 is 26.6. The summed E-state index contributed by atoms with van der Waals surface area (Å²) in [7, 11) is 0. The second-order valence-electron chi connectivity index (χ2n) is 36.9. The Morgan fingerprint density at radius 3 is 0.837 bits per heavy atom. The Hall–Kier alpha value is -7.20. The van der Waals surface area contributed by atoms with Crippen LogP contribution in [0.25, 0.3) is 0 Å². The molecule has 2 N–H and O–H groups in total. The van der Waals surface area contributed by atoms with Crippen molar-refractivity contribution in [2.75, 3.05) is 0 Å². The smallest absolute Gasteiger partial charge is 0.312 e. The molecule has 4 saturated carbocycles. The van der Waals surface area contributed by atoms with Crippen molar-refractivity contribution in [3.8, 4) is 23.0 Å². The van der Waals surface area contributed by atoms with Crippen LogP contribution in [0.1, 0.15) is 315 Å². The lowest BCUT2D eigenvalue weighted by molar-refractivity contribution is -0.166. The molecule has 6 aromatic rings. The van der Waals surface area contributed by atoms with Gasteiger partial charge in [-0.3, -0.25) is 19.2 Å². The number of rotatable bonds is 16. The average molecular weight is 1410 g/mol. The molecule has 8 aliphatic rings. The molecule has 556 valence electrons. The Morgan fingerprint density at radius 1 is 0.356 bits per heavy atom. The highest BCUT2D eigenvalue weighted by Gasteiger charge is 2.60. The Morgan fingerprint density at radius 2 is 0.596 bits per heavy atom. The van der Waals surface area contributed by atoms with E-state index in [0.717, 1.165) is 163 Å². The third kappa shape index (κ3) is 12.8. The van der Waals surface area contributed by atoms with Crippen molar-refractivity contribution < 1.29 is 48.3 Å². The highest BCUT2D eigenvalue weighted by Crippen LogP contribution is 2.64.